The maximum Gasteiger partial charge on any atom is 0.317 e. The Morgan fingerprint density at radius 2 is 2.08 bits per heavy atom. The molecule has 1 aliphatic carbocycles. The van der Waals surface area contributed by atoms with Crippen molar-refractivity contribution in [2.75, 3.05) is 19.6 Å². The molecule has 0 aliphatic heterocycles. The van der Waals surface area contributed by atoms with Gasteiger partial charge in [-0.1, -0.05) is 27.7 Å². The van der Waals surface area contributed by atoms with Crippen molar-refractivity contribution >= 4 is 23.3 Å². The molecule has 1 saturated carbocycles. The zero-order chi connectivity index (χ0) is 19.3. The fourth-order valence-corrected chi connectivity index (χ4v) is 3.93. The summed E-state index contributed by atoms with van der Waals surface area (Å²) in [6.07, 6.45) is 2.32. The first-order valence-electron chi connectivity index (χ1n) is 9.14. The van der Waals surface area contributed by atoms with Gasteiger partial charge >= 0.3 is 12.0 Å². The molecule has 1 aromatic heterocycles. The van der Waals surface area contributed by atoms with Crippen molar-refractivity contribution < 1.29 is 14.7 Å². The number of rotatable bonds is 8. The van der Waals surface area contributed by atoms with E-state index in [1.54, 1.807) is 11.3 Å². The average Bonchev–Trinajstić information content (AvgIpc) is 2.97. The van der Waals surface area contributed by atoms with Gasteiger partial charge in [-0.3, -0.25) is 9.69 Å². The van der Waals surface area contributed by atoms with Crippen LogP contribution in [0, 0.1) is 0 Å². The van der Waals surface area contributed by atoms with Gasteiger partial charge in [0.2, 0.25) is 0 Å². The number of thiazole rings is 1. The third kappa shape index (κ3) is 5.95. The first-order chi connectivity index (χ1) is 12.2. The topological polar surface area (TPSA) is 94.6 Å². The van der Waals surface area contributed by atoms with Crippen molar-refractivity contribution in [3.63, 3.8) is 0 Å². The molecule has 0 unspecified atom stereocenters. The van der Waals surface area contributed by atoms with Crippen molar-refractivity contribution in [1.82, 2.24) is 20.5 Å². The zero-order valence-corrected chi connectivity index (χ0v) is 16.9. The summed E-state index contributed by atoms with van der Waals surface area (Å²) in [5.41, 5.74) is 1.07. The Hall–Kier alpha value is -1.67. The summed E-state index contributed by atoms with van der Waals surface area (Å²) in [5.74, 6) is -0.808. The number of hydrogen-bond donors (Lipinski definition) is 3. The molecule has 1 heterocycles. The van der Waals surface area contributed by atoms with Crippen molar-refractivity contribution in [1.29, 1.82) is 0 Å². The van der Waals surface area contributed by atoms with Crippen LogP contribution in [0.25, 0.3) is 0 Å². The largest absolute Gasteiger partial charge is 0.480 e. The molecule has 146 valence electrons. The lowest BCUT2D eigenvalue weighted by Crippen LogP contribution is -2.56. The number of carbonyl (C=O) groups excluding carboxylic acids is 1. The number of carboxylic acids is 1. The van der Waals surface area contributed by atoms with Crippen LogP contribution in [0.3, 0.4) is 0 Å². The second-order valence-electron chi connectivity index (χ2n) is 7.82. The quantitative estimate of drug-likeness (QED) is 0.641. The maximum absolute atomic E-state index is 12.0. The molecule has 2 amide bonds. The van der Waals surface area contributed by atoms with E-state index in [2.05, 4.69) is 41.8 Å². The lowest BCUT2D eigenvalue weighted by Gasteiger charge is -2.42. The van der Waals surface area contributed by atoms with E-state index in [1.807, 2.05) is 11.8 Å². The van der Waals surface area contributed by atoms with Crippen molar-refractivity contribution in [2.45, 2.75) is 64.5 Å². The summed E-state index contributed by atoms with van der Waals surface area (Å²) in [7, 11) is 0. The Labute approximate surface area is 159 Å². The highest BCUT2D eigenvalue weighted by molar-refractivity contribution is 7.09. The SMILES string of the molecule is CCN(CC(=O)O)C1CC(NC(=O)NCCc2csc(C(C)(C)C)n2)C1. The molecular formula is C18H30N4O3S. The summed E-state index contributed by atoms with van der Waals surface area (Å²) in [5, 5.41) is 17.9. The number of likely N-dealkylation sites (N-methyl/N-ethyl adjacent to an activating group) is 1. The predicted molar refractivity (Wildman–Crippen MR) is 103 cm³/mol. The molecule has 26 heavy (non-hydrogen) atoms. The molecular weight excluding hydrogens is 352 g/mol. The van der Waals surface area contributed by atoms with E-state index in [0.29, 0.717) is 13.1 Å². The molecule has 0 spiro atoms. The summed E-state index contributed by atoms with van der Waals surface area (Å²) >= 11 is 1.66. The monoisotopic (exact) mass is 382 g/mol. The van der Waals surface area contributed by atoms with Gasteiger partial charge in [0.05, 0.1) is 17.2 Å². The number of hydrogen-bond acceptors (Lipinski definition) is 5. The Morgan fingerprint density at radius 1 is 1.38 bits per heavy atom. The number of nitrogens with one attached hydrogen (secondary N) is 2. The normalized spacial score (nSPS) is 19.9. The Balaban J connectivity index is 1.64. The maximum atomic E-state index is 12.0. The van der Waals surface area contributed by atoms with Gasteiger partial charge in [0, 0.05) is 35.8 Å². The van der Waals surface area contributed by atoms with Crippen LogP contribution >= 0.6 is 11.3 Å². The fraction of sp³-hybridized carbons (Fsp3) is 0.722. The van der Waals surface area contributed by atoms with Crippen molar-refractivity contribution in [2.24, 2.45) is 0 Å². The van der Waals surface area contributed by atoms with Gasteiger partial charge in [0.25, 0.3) is 0 Å². The van der Waals surface area contributed by atoms with E-state index in [0.717, 1.165) is 30.0 Å². The molecule has 1 aromatic rings. The van der Waals surface area contributed by atoms with Gasteiger partial charge in [-0.25, -0.2) is 9.78 Å². The highest BCUT2D eigenvalue weighted by Crippen LogP contribution is 2.26. The molecule has 3 N–H and O–H groups in total. The third-order valence-electron chi connectivity index (χ3n) is 4.57. The summed E-state index contributed by atoms with van der Waals surface area (Å²) in [6.45, 7) is 9.70. The molecule has 1 fully saturated rings. The molecule has 2 rings (SSSR count). The van der Waals surface area contributed by atoms with Crippen LogP contribution in [0.2, 0.25) is 0 Å². The number of aliphatic carboxylic acids is 1. The molecule has 7 nitrogen and oxygen atoms in total. The number of carbonyl (C=O) groups is 2. The number of carboxylic acid groups (broad SMARTS) is 1. The van der Waals surface area contributed by atoms with Gasteiger partial charge < -0.3 is 15.7 Å². The van der Waals surface area contributed by atoms with Gasteiger partial charge in [-0.15, -0.1) is 11.3 Å². The van der Waals surface area contributed by atoms with Crippen LogP contribution in [-0.2, 0) is 16.6 Å². The standard InChI is InChI=1S/C18H30N4O3S/c1-5-22(10-15(23)24)14-8-13(9-14)21-17(25)19-7-6-12-11-26-16(20-12)18(2,3)4/h11,13-14H,5-10H2,1-4H3,(H,23,24)(H2,19,21,25). The van der Waals surface area contributed by atoms with Crippen LogP contribution in [0.15, 0.2) is 5.38 Å². The minimum atomic E-state index is -0.808. The smallest absolute Gasteiger partial charge is 0.317 e. The van der Waals surface area contributed by atoms with Gasteiger partial charge in [0.1, 0.15) is 0 Å². The summed E-state index contributed by atoms with van der Waals surface area (Å²) < 4.78 is 0. The fourth-order valence-electron chi connectivity index (χ4n) is 2.98. The molecule has 0 saturated heterocycles. The van der Waals surface area contributed by atoms with E-state index < -0.39 is 5.97 Å². The zero-order valence-electron chi connectivity index (χ0n) is 16.0. The van der Waals surface area contributed by atoms with E-state index >= 15 is 0 Å². The number of nitrogens with zero attached hydrogens (tertiary/aromatic N) is 2. The number of urea groups is 1. The molecule has 0 bridgehead atoms. The first-order valence-corrected chi connectivity index (χ1v) is 10.0. The van der Waals surface area contributed by atoms with Gasteiger partial charge in [-0.2, -0.15) is 0 Å². The molecule has 0 atom stereocenters. The number of amides is 2. The summed E-state index contributed by atoms with van der Waals surface area (Å²) in [4.78, 5) is 29.4. The van der Waals surface area contributed by atoms with Crippen LogP contribution in [0.1, 0.15) is 51.2 Å². The summed E-state index contributed by atoms with van der Waals surface area (Å²) in [6, 6.07) is 0.197. The van der Waals surface area contributed by atoms with Crippen molar-refractivity contribution in [3.8, 4) is 0 Å². The van der Waals surface area contributed by atoms with Crippen LogP contribution in [0.4, 0.5) is 4.79 Å². The minimum absolute atomic E-state index is 0.0570. The van der Waals surface area contributed by atoms with Crippen LogP contribution in [0.5, 0.6) is 0 Å². The minimum Gasteiger partial charge on any atom is -0.480 e. The highest BCUT2D eigenvalue weighted by atomic mass is 32.1. The lowest BCUT2D eigenvalue weighted by molar-refractivity contribution is -0.139. The van der Waals surface area contributed by atoms with E-state index in [1.165, 1.54) is 0 Å². The van der Waals surface area contributed by atoms with Crippen LogP contribution in [-0.4, -0.2) is 58.7 Å². The van der Waals surface area contributed by atoms with Crippen molar-refractivity contribution in [3.05, 3.63) is 16.1 Å². The lowest BCUT2D eigenvalue weighted by atomic mass is 9.85. The highest BCUT2D eigenvalue weighted by Gasteiger charge is 2.34. The van der Waals surface area contributed by atoms with E-state index in [-0.39, 0.29) is 30.1 Å². The first kappa shape index (κ1) is 20.6. The van der Waals surface area contributed by atoms with Gasteiger partial charge in [-0.05, 0) is 19.4 Å². The molecule has 0 aromatic carbocycles. The predicted octanol–water partition coefficient (Wildman–Crippen LogP) is 2.22. The second-order valence-corrected chi connectivity index (χ2v) is 8.68. The Bertz CT molecular complexity index is 620. The Kier molecular flexibility index (Phi) is 7.00. The number of aromatic nitrogens is 1. The Morgan fingerprint density at radius 3 is 2.62 bits per heavy atom. The van der Waals surface area contributed by atoms with Crippen LogP contribution < -0.4 is 10.6 Å². The van der Waals surface area contributed by atoms with E-state index in [9.17, 15) is 9.59 Å². The molecule has 0 radical (unpaired) electrons. The molecule has 8 heteroatoms. The van der Waals surface area contributed by atoms with E-state index in [4.69, 9.17) is 5.11 Å². The second kappa shape index (κ2) is 8.81. The van der Waals surface area contributed by atoms with Gasteiger partial charge in [0.15, 0.2) is 0 Å². The third-order valence-corrected chi connectivity index (χ3v) is 5.89. The average molecular weight is 383 g/mol. The molecule has 1 aliphatic rings.